The van der Waals surface area contributed by atoms with Crippen LogP contribution >= 0.6 is 0 Å². The topological polar surface area (TPSA) is 41.6 Å². The lowest BCUT2D eigenvalue weighted by molar-refractivity contribution is -0.146. The average Bonchev–Trinajstić information content (AvgIpc) is 2.59. The van der Waals surface area contributed by atoms with E-state index in [1.807, 2.05) is 7.05 Å². The molecular weight excluding hydrogens is 192 g/mol. The van der Waals surface area contributed by atoms with Crippen molar-refractivity contribution in [2.75, 3.05) is 27.2 Å². The first-order valence-electron chi connectivity index (χ1n) is 5.57. The maximum atomic E-state index is 11.6. The Bertz CT molecular complexity index is 219. The second-order valence-corrected chi connectivity index (χ2v) is 4.61. The maximum Gasteiger partial charge on any atom is 0.323 e. The molecule has 1 aliphatic heterocycles. The van der Waals surface area contributed by atoms with Crippen molar-refractivity contribution in [2.45, 2.75) is 32.4 Å². The van der Waals surface area contributed by atoms with Crippen molar-refractivity contribution in [2.24, 2.45) is 5.92 Å². The van der Waals surface area contributed by atoms with E-state index in [1.165, 1.54) is 7.11 Å². The number of hydrogen-bond donors (Lipinski definition) is 1. The van der Waals surface area contributed by atoms with E-state index in [-0.39, 0.29) is 12.0 Å². The van der Waals surface area contributed by atoms with E-state index in [0.29, 0.717) is 12.0 Å². The van der Waals surface area contributed by atoms with Gasteiger partial charge in [-0.15, -0.1) is 0 Å². The highest BCUT2D eigenvalue weighted by atomic mass is 16.5. The van der Waals surface area contributed by atoms with Crippen molar-refractivity contribution in [3.63, 3.8) is 0 Å². The zero-order valence-corrected chi connectivity index (χ0v) is 10.1. The molecule has 4 nitrogen and oxygen atoms in total. The van der Waals surface area contributed by atoms with Gasteiger partial charge in [-0.1, -0.05) is 13.8 Å². The molecule has 0 aromatic heterocycles. The summed E-state index contributed by atoms with van der Waals surface area (Å²) in [7, 11) is 3.40. The Morgan fingerprint density at radius 2 is 2.27 bits per heavy atom. The lowest BCUT2D eigenvalue weighted by atomic mass is 10.1. The number of carbonyl (C=O) groups is 1. The van der Waals surface area contributed by atoms with Gasteiger partial charge in [0.2, 0.25) is 0 Å². The van der Waals surface area contributed by atoms with Crippen LogP contribution in [0.25, 0.3) is 0 Å². The highest BCUT2D eigenvalue weighted by Crippen LogP contribution is 2.20. The molecule has 0 saturated carbocycles. The van der Waals surface area contributed by atoms with Crippen LogP contribution in [-0.4, -0.2) is 50.2 Å². The van der Waals surface area contributed by atoms with Gasteiger partial charge in [-0.3, -0.25) is 9.69 Å². The van der Waals surface area contributed by atoms with Crippen molar-refractivity contribution in [3.05, 3.63) is 0 Å². The molecule has 0 spiro atoms. The van der Waals surface area contributed by atoms with E-state index in [9.17, 15) is 4.79 Å². The third-order valence-electron chi connectivity index (χ3n) is 2.88. The minimum atomic E-state index is -0.103. The molecule has 1 aliphatic rings. The molecule has 0 aromatic carbocycles. The van der Waals surface area contributed by atoms with Gasteiger partial charge in [-0.05, 0) is 19.4 Å². The summed E-state index contributed by atoms with van der Waals surface area (Å²) in [4.78, 5) is 13.8. The lowest BCUT2D eigenvalue weighted by Crippen LogP contribution is -2.39. The van der Waals surface area contributed by atoms with E-state index >= 15 is 0 Å². The monoisotopic (exact) mass is 214 g/mol. The first-order valence-corrected chi connectivity index (χ1v) is 5.57. The highest BCUT2D eigenvalue weighted by Gasteiger charge is 2.36. The van der Waals surface area contributed by atoms with Crippen LogP contribution in [0.1, 0.15) is 20.3 Å². The predicted molar refractivity (Wildman–Crippen MR) is 59.7 cm³/mol. The fraction of sp³-hybridized carbons (Fsp3) is 0.909. The summed E-state index contributed by atoms with van der Waals surface area (Å²) in [5.74, 6) is 0.473. The summed E-state index contributed by atoms with van der Waals surface area (Å²) in [6.45, 7) is 6.23. The molecule has 15 heavy (non-hydrogen) atoms. The maximum absolute atomic E-state index is 11.6. The molecule has 0 aliphatic carbocycles. The quantitative estimate of drug-likeness (QED) is 0.691. The van der Waals surface area contributed by atoms with Gasteiger partial charge in [0.25, 0.3) is 0 Å². The Kier molecular flexibility index (Phi) is 4.54. The number of nitrogens with zero attached hydrogens (tertiary/aromatic N) is 1. The van der Waals surface area contributed by atoms with Gasteiger partial charge >= 0.3 is 5.97 Å². The number of likely N-dealkylation sites (tertiary alicyclic amines) is 1. The third-order valence-corrected chi connectivity index (χ3v) is 2.88. The van der Waals surface area contributed by atoms with Crippen molar-refractivity contribution >= 4 is 5.97 Å². The predicted octanol–water partition coefficient (Wildman–Crippen LogP) is 0.478. The van der Waals surface area contributed by atoms with E-state index in [2.05, 4.69) is 24.1 Å². The van der Waals surface area contributed by atoms with Gasteiger partial charge in [0.15, 0.2) is 0 Å². The fourth-order valence-electron chi connectivity index (χ4n) is 2.16. The summed E-state index contributed by atoms with van der Waals surface area (Å²) in [6, 6.07) is 0.350. The molecule has 0 aromatic rings. The molecule has 88 valence electrons. The first-order chi connectivity index (χ1) is 7.08. The van der Waals surface area contributed by atoms with E-state index in [4.69, 9.17) is 4.74 Å². The minimum Gasteiger partial charge on any atom is -0.468 e. The number of esters is 1. The number of methoxy groups -OCH3 is 1. The zero-order chi connectivity index (χ0) is 11.4. The Morgan fingerprint density at radius 1 is 1.60 bits per heavy atom. The van der Waals surface area contributed by atoms with Crippen LogP contribution in [0.15, 0.2) is 0 Å². The molecule has 0 radical (unpaired) electrons. The van der Waals surface area contributed by atoms with Crippen LogP contribution in [0, 0.1) is 5.92 Å². The number of hydrogen-bond acceptors (Lipinski definition) is 4. The molecule has 1 saturated heterocycles. The molecule has 4 heteroatoms. The zero-order valence-electron chi connectivity index (χ0n) is 10.1. The Hall–Kier alpha value is -0.610. The Labute approximate surface area is 92.0 Å². The van der Waals surface area contributed by atoms with Crippen molar-refractivity contribution in [3.8, 4) is 0 Å². The molecule has 0 amide bonds. The molecule has 1 rings (SSSR count). The van der Waals surface area contributed by atoms with Gasteiger partial charge in [0, 0.05) is 19.1 Å². The highest BCUT2D eigenvalue weighted by molar-refractivity contribution is 5.76. The molecule has 1 fully saturated rings. The second kappa shape index (κ2) is 5.47. The van der Waals surface area contributed by atoms with Crippen LogP contribution in [0.3, 0.4) is 0 Å². The minimum absolute atomic E-state index is 0.0603. The first kappa shape index (κ1) is 12.5. The van der Waals surface area contributed by atoms with Crippen molar-refractivity contribution < 1.29 is 9.53 Å². The lowest BCUT2D eigenvalue weighted by Gasteiger charge is -2.23. The summed E-state index contributed by atoms with van der Waals surface area (Å²) in [5.41, 5.74) is 0. The second-order valence-electron chi connectivity index (χ2n) is 4.61. The Morgan fingerprint density at radius 3 is 2.73 bits per heavy atom. The largest absolute Gasteiger partial charge is 0.468 e. The Balaban J connectivity index is 2.61. The molecule has 1 N–H and O–H groups in total. The van der Waals surface area contributed by atoms with Gasteiger partial charge in [0.1, 0.15) is 6.04 Å². The summed E-state index contributed by atoms with van der Waals surface area (Å²) >= 11 is 0. The molecule has 2 atom stereocenters. The van der Waals surface area contributed by atoms with Crippen LogP contribution in [0.4, 0.5) is 0 Å². The summed E-state index contributed by atoms with van der Waals surface area (Å²) < 4.78 is 4.83. The smallest absolute Gasteiger partial charge is 0.323 e. The normalized spacial score (nSPS) is 27.3. The average molecular weight is 214 g/mol. The van der Waals surface area contributed by atoms with Crippen LogP contribution < -0.4 is 5.32 Å². The fourth-order valence-corrected chi connectivity index (χ4v) is 2.16. The van der Waals surface area contributed by atoms with Gasteiger partial charge < -0.3 is 10.1 Å². The number of nitrogens with one attached hydrogen (secondary N) is 1. The van der Waals surface area contributed by atoms with Crippen molar-refractivity contribution in [1.29, 1.82) is 0 Å². The van der Waals surface area contributed by atoms with Gasteiger partial charge in [0.05, 0.1) is 7.11 Å². The number of ether oxygens (including phenoxy) is 1. The van der Waals surface area contributed by atoms with Gasteiger partial charge in [-0.25, -0.2) is 0 Å². The third kappa shape index (κ3) is 3.18. The van der Waals surface area contributed by atoms with E-state index in [1.54, 1.807) is 0 Å². The van der Waals surface area contributed by atoms with E-state index < -0.39 is 0 Å². The summed E-state index contributed by atoms with van der Waals surface area (Å²) in [6.07, 6.45) is 0.857. The number of carbonyl (C=O) groups excluding carboxylic acids is 1. The molecular formula is C11H22N2O2. The van der Waals surface area contributed by atoms with Crippen LogP contribution in [0.2, 0.25) is 0 Å². The SMILES string of the molecule is CN[C@H]1C[C@@H](C(=O)OC)N(CC(C)C)C1. The van der Waals surface area contributed by atoms with Crippen LogP contribution in [0.5, 0.6) is 0 Å². The van der Waals surface area contributed by atoms with Crippen LogP contribution in [-0.2, 0) is 9.53 Å². The van der Waals surface area contributed by atoms with Gasteiger partial charge in [-0.2, -0.15) is 0 Å². The number of rotatable bonds is 4. The number of likely N-dealkylation sites (N-methyl/N-ethyl adjacent to an activating group) is 1. The summed E-state index contributed by atoms with van der Waals surface area (Å²) in [5, 5.41) is 3.23. The molecule has 1 heterocycles. The standard InChI is InChI=1S/C11H22N2O2/c1-8(2)6-13-7-9(12-3)5-10(13)11(14)15-4/h8-10,12H,5-7H2,1-4H3/t9-,10-/m0/s1. The molecule has 0 unspecified atom stereocenters. The van der Waals surface area contributed by atoms with E-state index in [0.717, 1.165) is 19.5 Å². The molecule has 0 bridgehead atoms. The van der Waals surface area contributed by atoms with Crippen molar-refractivity contribution in [1.82, 2.24) is 10.2 Å².